The van der Waals surface area contributed by atoms with Crippen LogP contribution >= 0.6 is 22.9 Å². The summed E-state index contributed by atoms with van der Waals surface area (Å²) in [6.07, 6.45) is 0.298. The van der Waals surface area contributed by atoms with Gasteiger partial charge in [0.25, 0.3) is 0 Å². The zero-order valence-corrected chi connectivity index (χ0v) is 17.1. The molecule has 2 aromatic carbocycles. The number of carbonyl (C=O) groups excluding carboxylic acids is 1. The third-order valence-electron chi connectivity index (χ3n) is 4.27. The average Bonchev–Trinajstić information content (AvgIpc) is 3.33. The van der Waals surface area contributed by atoms with Gasteiger partial charge in [0.1, 0.15) is 5.69 Å². The summed E-state index contributed by atoms with van der Waals surface area (Å²) in [6.45, 7) is 4.02. The number of hydrogen-bond acceptors (Lipinski definition) is 6. The fourth-order valence-corrected chi connectivity index (χ4v) is 4.31. The molecule has 140 valence electrons. The van der Waals surface area contributed by atoms with Gasteiger partial charge in [-0.2, -0.15) is 0 Å². The SMILES string of the molecule is Cc1ccc(-c2nc(C)sc2CC(=O)Nc2ccc(-c3csnn3)cc2)cc1. The van der Waals surface area contributed by atoms with Gasteiger partial charge in [0.2, 0.25) is 5.91 Å². The average molecular weight is 407 g/mol. The van der Waals surface area contributed by atoms with Crippen LogP contribution in [0, 0.1) is 13.8 Å². The highest BCUT2D eigenvalue weighted by atomic mass is 32.1. The molecule has 7 heteroatoms. The molecule has 0 aliphatic rings. The Morgan fingerprint density at radius 1 is 1.00 bits per heavy atom. The number of nitrogens with one attached hydrogen (secondary N) is 1. The van der Waals surface area contributed by atoms with Crippen molar-refractivity contribution < 1.29 is 4.79 Å². The molecule has 4 rings (SSSR count). The number of amides is 1. The fraction of sp³-hybridized carbons (Fsp3) is 0.143. The normalized spacial score (nSPS) is 10.8. The van der Waals surface area contributed by atoms with Gasteiger partial charge in [0.15, 0.2) is 0 Å². The van der Waals surface area contributed by atoms with Crippen LogP contribution < -0.4 is 5.32 Å². The Bertz CT molecular complexity index is 1080. The number of anilines is 1. The summed E-state index contributed by atoms with van der Waals surface area (Å²) in [5.74, 6) is -0.0555. The summed E-state index contributed by atoms with van der Waals surface area (Å²) < 4.78 is 3.87. The Morgan fingerprint density at radius 2 is 1.71 bits per heavy atom. The Morgan fingerprint density at radius 3 is 2.39 bits per heavy atom. The minimum atomic E-state index is -0.0555. The van der Waals surface area contributed by atoms with E-state index in [-0.39, 0.29) is 5.91 Å². The lowest BCUT2D eigenvalue weighted by molar-refractivity contribution is -0.115. The Hall–Kier alpha value is -2.90. The van der Waals surface area contributed by atoms with Crippen LogP contribution in [-0.4, -0.2) is 20.5 Å². The van der Waals surface area contributed by atoms with Crippen LogP contribution in [0.25, 0.3) is 22.5 Å². The molecule has 0 aliphatic carbocycles. The fourth-order valence-electron chi connectivity index (χ4n) is 2.89. The van der Waals surface area contributed by atoms with Crippen molar-refractivity contribution in [2.45, 2.75) is 20.3 Å². The minimum absolute atomic E-state index is 0.0555. The first-order chi connectivity index (χ1) is 13.6. The topological polar surface area (TPSA) is 67.8 Å². The predicted octanol–water partition coefficient (Wildman–Crippen LogP) is 5.13. The van der Waals surface area contributed by atoms with Crippen LogP contribution in [0.3, 0.4) is 0 Å². The van der Waals surface area contributed by atoms with Gasteiger partial charge in [-0.25, -0.2) is 4.98 Å². The lowest BCUT2D eigenvalue weighted by atomic mass is 10.1. The zero-order chi connectivity index (χ0) is 19.5. The van der Waals surface area contributed by atoms with Gasteiger partial charge in [-0.1, -0.05) is 46.4 Å². The van der Waals surface area contributed by atoms with Crippen LogP contribution in [0.4, 0.5) is 5.69 Å². The smallest absolute Gasteiger partial charge is 0.229 e. The predicted molar refractivity (Wildman–Crippen MR) is 115 cm³/mol. The van der Waals surface area contributed by atoms with Gasteiger partial charge in [-0.3, -0.25) is 4.79 Å². The van der Waals surface area contributed by atoms with Crippen molar-refractivity contribution in [1.82, 2.24) is 14.6 Å². The summed E-state index contributed by atoms with van der Waals surface area (Å²) in [7, 11) is 0. The molecule has 4 aromatic rings. The van der Waals surface area contributed by atoms with Crippen molar-refractivity contribution in [2.75, 3.05) is 5.32 Å². The Balaban J connectivity index is 1.48. The number of aryl methyl sites for hydroxylation is 2. The van der Waals surface area contributed by atoms with E-state index in [1.807, 2.05) is 36.6 Å². The monoisotopic (exact) mass is 406 g/mol. The Labute approximate surface area is 171 Å². The molecule has 1 N–H and O–H groups in total. The zero-order valence-electron chi connectivity index (χ0n) is 15.5. The summed E-state index contributed by atoms with van der Waals surface area (Å²) in [6, 6.07) is 15.9. The highest BCUT2D eigenvalue weighted by Gasteiger charge is 2.15. The lowest BCUT2D eigenvalue weighted by Gasteiger charge is -2.07. The maximum Gasteiger partial charge on any atom is 0.229 e. The quantitative estimate of drug-likeness (QED) is 0.499. The second-order valence-corrected chi connectivity index (χ2v) is 8.36. The molecule has 0 spiro atoms. The number of thiazole rings is 1. The van der Waals surface area contributed by atoms with E-state index in [2.05, 4.69) is 51.1 Å². The summed E-state index contributed by atoms with van der Waals surface area (Å²) in [4.78, 5) is 18.2. The molecule has 28 heavy (non-hydrogen) atoms. The molecule has 0 saturated carbocycles. The van der Waals surface area contributed by atoms with Crippen molar-refractivity contribution in [1.29, 1.82) is 0 Å². The van der Waals surface area contributed by atoms with E-state index in [1.165, 1.54) is 17.1 Å². The molecule has 5 nitrogen and oxygen atoms in total. The number of hydrogen-bond donors (Lipinski definition) is 1. The van der Waals surface area contributed by atoms with E-state index in [0.29, 0.717) is 6.42 Å². The minimum Gasteiger partial charge on any atom is -0.326 e. The second kappa shape index (κ2) is 8.00. The maximum atomic E-state index is 12.6. The summed E-state index contributed by atoms with van der Waals surface area (Å²) in [5, 5.41) is 9.87. The molecule has 0 atom stereocenters. The molecule has 0 fully saturated rings. The van der Waals surface area contributed by atoms with E-state index >= 15 is 0 Å². The van der Waals surface area contributed by atoms with E-state index in [9.17, 15) is 4.79 Å². The molecule has 1 amide bonds. The van der Waals surface area contributed by atoms with Crippen molar-refractivity contribution in [3.8, 4) is 22.5 Å². The number of carbonyl (C=O) groups is 1. The van der Waals surface area contributed by atoms with Crippen molar-refractivity contribution in [3.05, 3.63) is 69.4 Å². The van der Waals surface area contributed by atoms with E-state index in [0.717, 1.165) is 38.1 Å². The van der Waals surface area contributed by atoms with Crippen molar-refractivity contribution >= 4 is 34.5 Å². The van der Waals surface area contributed by atoms with Crippen molar-refractivity contribution in [2.24, 2.45) is 0 Å². The molecular formula is C21H18N4OS2. The van der Waals surface area contributed by atoms with Crippen LogP contribution in [0.5, 0.6) is 0 Å². The van der Waals surface area contributed by atoms with E-state index < -0.39 is 0 Å². The first-order valence-corrected chi connectivity index (χ1v) is 10.4. The summed E-state index contributed by atoms with van der Waals surface area (Å²) >= 11 is 2.88. The number of aromatic nitrogens is 3. The first-order valence-electron chi connectivity index (χ1n) is 8.79. The van der Waals surface area contributed by atoms with Gasteiger partial charge in [0, 0.05) is 27.1 Å². The molecule has 2 aromatic heterocycles. The second-order valence-electron chi connectivity index (χ2n) is 6.46. The third-order valence-corrected chi connectivity index (χ3v) is 5.75. The van der Waals surface area contributed by atoms with E-state index in [4.69, 9.17) is 0 Å². The highest BCUT2D eigenvalue weighted by Crippen LogP contribution is 2.29. The molecule has 0 radical (unpaired) electrons. The first kappa shape index (κ1) is 18.5. The molecule has 0 aliphatic heterocycles. The molecule has 2 heterocycles. The van der Waals surface area contributed by atoms with Crippen LogP contribution in [0.1, 0.15) is 15.4 Å². The lowest BCUT2D eigenvalue weighted by Crippen LogP contribution is -2.14. The van der Waals surface area contributed by atoms with Crippen LogP contribution in [0.2, 0.25) is 0 Å². The Kier molecular flexibility index (Phi) is 5.27. The highest BCUT2D eigenvalue weighted by molar-refractivity contribution is 7.12. The standard InChI is InChI=1S/C21H18N4OS2/c1-13-3-5-16(6-4-13)21-19(28-14(2)22-21)11-20(26)23-17-9-7-15(8-10-17)18-12-27-25-24-18/h3-10,12H,11H2,1-2H3,(H,23,26). The number of rotatable bonds is 5. The number of benzene rings is 2. The third kappa shape index (κ3) is 4.16. The van der Waals surface area contributed by atoms with Crippen LogP contribution in [-0.2, 0) is 11.2 Å². The molecular weight excluding hydrogens is 388 g/mol. The van der Waals surface area contributed by atoms with E-state index in [1.54, 1.807) is 11.3 Å². The summed E-state index contributed by atoms with van der Waals surface area (Å²) in [5.41, 5.74) is 5.71. The van der Waals surface area contributed by atoms with Crippen molar-refractivity contribution in [3.63, 3.8) is 0 Å². The van der Waals surface area contributed by atoms with Gasteiger partial charge >= 0.3 is 0 Å². The van der Waals surface area contributed by atoms with Gasteiger partial charge < -0.3 is 5.32 Å². The van der Waals surface area contributed by atoms with Gasteiger partial charge in [-0.15, -0.1) is 16.4 Å². The van der Waals surface area contributed by atoms with Gasteiger partial charge in [-0.05, 0) is 37.5 Å². The number of nitrogens with zero attached hydrogens (tertiary/aromatic N) is 3. The maximum absolute atomic E-state index is 12.6. The molecule has 0 saturated heterocycles. The molecule has 0 unspecified atom stereocenters. The van der Waals surface area contributed by atoms with Gasteiger partial charge in [0.05, 0.1) is 17.1 Å². The largest absolute Gasteiger partial charge is 0.326 e. The van der Waals surface area contributed by atoms with Crippen LogP contribution in [0.15, 0.2) is 53.9 Å². The molecule has 0 bridgehead atoms.